The van der Waals surface area contributed by atoms with Gasteiger partial charge in [-0.3, -0.25) is 9.59 Å². The number of allylic oxidation sites excluding steroid dienone is 5. The Hall–Kier alpha value is -2.41. The van der Waals surface area contributed by atoms with Gasteiger partial charge in [0.15, 0.2) is 0 Å². The minimum atomic E-state index is -1.01. The van der Waals surface area contributed by atoms with Crippen molar-refractivity contribution in [3.8, 4) is 0 Å². The number of carbonyl (C=O) groups excluding carboxylic acids is 2. The molecule has 0 bridgehead atoms. The van der Waals surface area contributed by atoms with Crippen molar-refractivity contribution in [1.29, 1.82) is 0 Å². The predicted octanol–water partition coefficient (Wildman–Crippen LogP) is 12.2. The number of nitrogens with two attached hydrogens (primary N) is 1. The summed E-state index contributed by atoms with van der Waals surface area (Å²) in [6.45, 7) is 4.90. The predicted molar refractivity (Wildman–Crippen MR) is 220 cm³/mol. The molecule has 0 spiro atoms. The van der Waals surface area contributed by atoms with Crippen LogP contribution in [0.15, 0.2) is 36.5 Å². The summed E-state index contributed by atoms with van der Waals surface area (Å²) >= 11 is 0. The minimum Gasteiger partial charge on any atom is -0.480 e. The van der Waals surface area contributed by atoms with Gasteiger partial charge in [0.25, 0.3) is 0 Å². The third kappa shape index (κ3) is 36.0. The van der Waals surface area contributed by atoms with Crippen LogP contribution in [0.2, 0.25) is 0 Å². The monoisotopic (exact) mass is 731 g/mol. The van der Waals surface area contributed by atoms with Crippen LogP contribution >= 0.6 is 0 Å². The van der Waals surface area contributed by atoms with E-state index >= 15 is 0 Å². The first-order valence-corrected chi connectivity index (χ1v) is 21.8. The number of nitrogens with one attached hydrogen (secondary N) is 1. The molecule has 302 valence electrons. The highest BCUT2D eigenvalue weighted by atomic mass is 16.5. The first-order valence-electron chi connectivity index (χ1n) is 21.8. The maximum absolute atomic E-state index is 12.7. The highest BCUT2D eigenvalue weighted by Crippen LogP contribution is 2.16. The van der Waals surface area contributed by atoms with Crippen LogP contribution in [0.1, 0.15) is 213 Å². The molecule has 7 heteroatoms. The van der Waals surface area contributed by atoms with Crippen molar-refractivity contribution in [2.24, 2.45) is 5.73 Å². The lowest BCUT2D eigenvalue weighted by atomic mass is 10.0. The number of unbranched alkanes of at least 4 members (excludes halogenated alkanes) is 21. The molecule has 0 saturated carbocycles. The molecule has 0 fully saturated rings. The van der Waals surface area contributed by atoms with Crippen LogP contribution in [-0.4, -0.2) is 41.6 Å². The van der Waals surface area contributed by atoms with E-state index < -0.39 is 12.0 Å². The van der Waals surface area contributed by atoms with Gasteiger partial charge in [0.1, 0.15) is 12.1 Å². The van der Waals surface area contributed by atoms with Crippen molar-refractivity contribution in [2.75, 3.05) is 6.54 Å². The van der Waals surface area contributed by atoms with Crippen molar-refractivity contribution in [3.63, 3.8) is 0 Å². The molecule has 0 aromatic carbocycles. The molecule has 0 rings (SSSR count). The molecular formula is C45H82N2O5. The van der Waals surface area contributed by atoms with Gasteiger partial charge < -0.3 is 20.9 Å². The first kappa shape index (κ1) is 49.6. The van der Waals surface area contributed by atoms with E-state index in [-0.39, 0.29) is 18.0 Å². The first-order chi connectivity index (χ1) is 25.4. The number of hydrogen-bond acceptors (Lipinski definition) is 5. The number of esters is 1. The zero-order valence-corrected chi connectivity index (χ0v) is 33.9. The molecule has 0 radical (unpaired) electrons. The number of amides is 1. The Morgan fingerprint density at radius 1 is 0.577 bits per heavy atom. The second kappa shape index (κ2) is 39.8. The Kier molecular flexibility index (Phi) is 37.9. The third-order valence-electron chi connectivity index (χ3n) is 9.66. The molecule has 1 amide bonds. The second-order valence-corrected chi connectivity index (χ2v) is 14.7. The van der Waals surface area contributed by atoms with Gasteiger partial charge in [-0.1, -0.05) is 147 Å². The SMILES string of the molecule is CCCCC/C=C\C/C=C\C(CCCCCCCCC(=O)NC(CCCN)C(=O)O)OC(=O)CCCCCCCCC/C=C\CCCCCCCC. The highest BCUT2D eigenvalue weighted by Gasteiger charge is 2.18. The number of aliphatic carboxylic acids is 1. The molecular weight excluding hydrogens is 649 g/mol. The number of ether oxygens (including phenoxy) is 1. The summed E-state index contributed by atoms with van der Waals surface area (Å²) in [5.41, 5.74) is 5.47. The summed E-state index contributed by atoms with van der Waals surface area (Å²) in [4.78, 5) is 36.2. The van der Waals surface area contributed by atoms with Crippen molar-refractivity contribution < 1.29 is 24.2 Å². The Morgan fingerprint density at radius 3 is 1.63 bits per heavy atom. The number of carboxylic acid groups (broad SMARTS) is 1. The summed E-state index contributed by atoms with van der Waals surface area (Å²) in [6.07, 6.45) is 46.4. The Labute approximate surface area is 320 Å². The normalized spacial score (nSPS) is 13.0. The molecule has 0 aliphatic rings. The van der Waals surface area contributed by atoms with Gasteiger partial charge in [-0.25, -0.2) is 4.79 Å². The summed E-state index contributed by atoms with van der Waals surface area (Å²) in [6, 6.07) is -0.856. The summed E-state index contributed by atoms with van der Waals surface area (Å²) < 4.78 is 5.93. The maximum Gasteiger partial charge on any atom is 0.326 e. The van der Waals surface area contributed by atoms with Gasteiger partial charge >= 0.3 is 11.9 Å². The van der Waals surface area contributed by atoms with Gasteiger partial charge in [0.2, 0.25) is 5.91 Å². The molecule has 0 aliphatic carbocycles. The zero-order chi connectivity index (χ0) is 38.2. The molecule has 0 aromatic heterocycles. The smallest absolute Gasteiger partial charge is 0.326 e. The van der Waals surface area contributed by atoms with Crippen LogP contribution in [-0.2, 0) is 19.1 Å². The van der Waals surface area contributed by atoms with Crippen LogP contribution < -0.4 is 11.1 Å². The highest BCUT2D eigenvalue weighted by molar-refractivity contribution is 5.83. The fourth-order valence-electron chi connectivity index (χ4n) is 6.34. The second-order valence-electron chi connectivity index (χ2n) is 14.7. The van der Waals surface area contributed by atoms with E-state index in [9.17, 15) is 19.5 Å². The molecule has 2 atom stereocenters. The van der Waals surface area contributed by atoms with E-state index in [4.69, 9.17) is 10.5 Å². The van der Waals surface area contributed by atoms with Crippen molar-refractivity contribution in [1.82, 2.24) is 5.32 Å². The fourth-order valence-corrected chi connectivity index (χ4v) is 6.34. The Balaban J connectivity index is 4.23. The van der Waals surface area contributed by atoms with Crippen LogP contribution in [0.4, 0.5) is 0 Å². The van der Waals surface area contributed by atoms with Gasteiger partial charge in [0.05, 0.1) is 0 Å². The number of rotatable bonds is 39. The lowest BCUT2D eigenvalue weighted by molar-refractivity contribution is -0.147. The van der Waals surface area contributed by atoms with E-state index in [0.29, 0.717) is 32.2 Å². The topological polar surface area (TPSA) is 119 Å². The molecule has 4 N–H and O–H groups in total. The molecule has 0 aromatic rings. The van der Waals surface area contributed by atoms with Crippen molar-refractivity contribution >= 4 is 17.8 Å². The van der Waals surface area contributed by atoms with Gasteiger partial charge in [-0.15, -0.1) is 0 Å². The number of carbonyl (C=O) groups is 3. The maximum atomic E-state index is 12.7. The van der Waals surface area contributed by atoms with Gasteiger partial charge in [-0.2, -0.15) is 0 Å². The average molecular weight is 731 g/mol. The van der Waals surface area contributed by atoms with Crippen LogP contribution in [0.3, 0.4) is 0 Å². The molecule has 52 heavy (non-hydrogen) atoms. The summed E-state index contributed by atoms with van der Waals surface area (Å²) in [7, 11) is 0. The largest absolute Gasteiger partial charge is 0.480 e. The minimum absolute atomic E-state index is 0.0797. The van der Waals surface area contributed by atoms with Crippen LogP contribution in [0, 0.1) is 0 Å². The lowest BCUT2D eigenvalue weighted by Crippen LogP contribution is -2.40. The zero-order valence-electron chi connectivity index (χ0n) is 33.9. The fraction of sp³-hybridized carbons (Fsp3) is 0.800. The van der Waals surface area contributed by atoms with E-state index in [1.807, 2.05) is 0 Å². The third-order valence-corrected chi connectivity index (χ3v) is 9.66. The van der Waals surface area contributed by atoms with E-state index in [1.54, 1.807) is 0 Å². The average Bonchev–Trinajstić information content (AvgIpc) is 3.13. The van der Waals surface area contributed by atoms with Crippen molar-refractivity contribution in [3.05, 3.63) is 36.5 Å². The molecule has 2 unspecified atom stereocenters. The molecule has 0 saturated heterocycles. The van der Waals surface area contributed by atoms with Crippen molar-refractivity contribution in [2.45, 2.75) is 225 Å². The standard InChI is InChI=1S/C45H82N2O5/c1-3-5-7-9-11-13-14-15-16-17-18-19-20-21-23-29-33-39-44(49)52-41(35-30-26-22-12-10-8-6-4-2)36-31-27-24-25-28-32-38-43(48)47-42(45(50)51)37-34-40-46/h12,15-16,22,30,35,41-42H,3-11,13-14,17-21,23-29,31-34,36-40,46H2,1-2H3,(H,47,48)(H,50,51)/b16-15-,22-12-,35-30-. The Morgan fingerprint density at radius 2 is 1.06 bits per heavy atom. The molecule has 0 aliphatic heterocycles. The van der Waals surface area contributed by atoms with Gasteiger partial charge in [-0.05, 0) is 96.1 Å². The molecule has 7 nitrogen and oxygen atoms in total. The summed E-state index contributed by atoms with van der Waals surface area (Å²) in [5.74, 6) is -1.29. The van der Waals surface area contributed by atoms with Crippen LogP contribution in [0.25, 0.3) is 0 Å². The van der Waals surface area contributed by atoms with E-state index in [2.05, 4.69) is 55.6 Å². The molecule has 0 heterocycles. The number of hydrogen-bond donors (Lipinski definition) is 3. The van der Waals surface area contributed by atoms with E-state index in [0.717, 1.165) is 70.6 Å². The van der Waals surface area contributed by atoms with Crippen LogP contribution in [0.5, 0.6) is 0 Å². The Bertz CT molecular complexity index is 915. The van der Waals surface area contributed by atoms with Gasteiger partial charge in [0, 0.05) is 12.8 Å². The van der Waals surface area contributed by atoms with E-state index in [1.165, 1.54) is 103 Å². The summed E-state index contributed by atoms with van der Waals surface area (Å²) in [5, 5.41) is 11.9. The number of carboxylic acids is 1. The lowest BCUT2D eigenvalue weighted by Gasteiger charge is -2.15. The quantitative estimate of drug-likeness (QED) is 0.0329.